The number of pyridine rings is 1. The number of esters is 1. The maximum absolute atomic E-state index is 12.7. The molecule has 3 heterocycles. The van der Waals surface area contributed by atoms with E-state index in [-0.39, 0.29) is 30.5 Å². The fourth-order valence-electron chi connectivity index (χ4n) is 3.45. The molecule has 0 fully saturated rings. The molecular formula is C27H22N4O4. The first-order valence-electron chi connectivity index (χ1n) is 11.1. The van der Waals surface area contributed by atoms with Crippen LogP contribution in [0, 0.1) is 0 Å². The first-order chi connectivity index (χ1) is 17.3. The van der Waals surface area contributed by atoms with Crippen molar-refractivity contribution in [2.24, 2.45) is 0 Å². The number of carbonyl (C=O) groups is 1. The van der Waals surface area contributed by atoms with Gasteiger partial charge in [0.2, 0.25) is 5.76 Å². The standard InChI is InChI=1S/C27H22N4O4/c32-27-26(34-19-21-11-5-2-6-12-21)25(33-18-20-9-3-1-4-10-20)24(35-27)14-16-31-17-23(29-30-31)22-13-7-8-15-28-22/h1-15,17H,16,18-19H2/b24-14-. The van der Waals surface area contributed by atoms with Crippen LogP contribution >= 0.6 is 0 Å². The lowest BCUT2D eigenvalue weighted by Crippen LogP contribution is -2.04. The zero-order valence-electron chi connectivity index (χ0n) is 18.8. The SMILES string of the molecule is O=C1O/C(=C\Cn2cc(-c3ccccn3)nn2)C(OCc2ccccc2)=C1OCc1ccccc1. The molecule has 35 heavy (non-hydrogen) atoms. The maximum Gasteiger partial charge on any atom is 0.383 e. The topological polar surface area (TPSA) is 88.4 Å². The number of carbonyl (C=O) groups excluding carboxylic acids is 1. The first-order valence-corrected chi connectivity index (χ1v) is 11.1. The van der Waals surface area contributed by atoms with Gasteiger partial charge in [0, 0.05) is 6.20 Å². The Morgan fingerprint density at radius 2 is 1.46 bits per heavy atom. The van der Waals surface area contributed by atoms with Gasteiger partial charge >= 0.3 is 5.97 Å². The highest BCUT2D eigenvalue weighted by Crippen LogP contribution is 2.30. The van der Waals surface area contributed by atoms with E-state index in [2.05, 4.69) is 15.3 Å². The third kappa shape index (κ3) is 5.44. The van der Waals surface area contributed by atoms with E-state index >= 15 is 0 Å². The predicted octanol–water partition coefficient (Wildman–Crippen LogP) is 4.43. The monoisotopic (exact) mass is 466 g/mol. The molecule has 8 nitrogen and oxygen atoms in total. The van der Waals surface area contributed by atoms with E-state index in [9.17, 15) is 4.79 Å². The summed E-state index contributed by atoms with van der Waals surface area (Å²) in [6.45, 7) is 0.787. The van der Waals surface area contributed by atoms with Gasteiger partial charge in [-0.05, 0) is 29.3 Å². The predicted molar refractivity (Wildman–Crippen MR) is 127 cm³/mol. The molecule has 0 unspecified atom stereocenters. The minimum atomic E-state index is -0.594. The third-order valence-corrected chi connectivity index (χ3v) is 5.20. The summed E-state index contributed by atoms with van der Waals surface area (Å²) in [6, 6.07) is 24.9. The van der Waals surface area contributed by atoms with Gasteiger partial charge in [0.15, 0.2) is 5.76 Å². The zero-order valence-corrected chi connectivity index (χ0v) is 18.8. The Labute approximate surface area is 202 Å². The van der Waals surface area contributed by atoms with Crippen molar-refractivity contribution < 1.29 is 19.0 Å². The summed E-state index contributed by atoms with van der Waals surface area (Å²) in [5.41, 5.74) is 3.26. The van der Waals surface area contributed by atoms with Gasteiger partial charge in [0.25, 0.3) is 5.76 Å². The molecule has 0 spiro atoms. The second-order valence-electron chi connectivity index (χ2n) is 7.71. The highest BCUT2D eigenvalue weighted by atomic mass is 16.6. The number of nitrogens with zero attached hydrogens (tertiary/aromatic N) is 4. The minimum absolute atomic E-state index is 0.0452. The molecule has 8 heteroatoms. The number of cyclic esters (lactones) is 1. The smallest absolute Gasteiger partial charge is 0.383 e. The molecule has 0 radical (unpaired) electrons. The molecule has 0 atom stereocenters. The molecular weight excluding hydrogens is 444 g/mol. The van der Waals surface area contributed by atoms with Crippen LogP contribution in [0.4, 0.5) is 0 Å². The summed E-state index contributed by atoms with van der Waals surface area (Å²) in [6.07, 6.45) is 5.19. The van der Waals surface area contributed by atoms with E-state index in [1.54, 1.807) is 23.2 Å². The number of aromatic nitrogens is 4. The van der Waals surface area contributed by atoms with E-state index in [1.807, 2.05) is 78.9 Å². The highest BCUT2D eigenvalue weighted by molar-refractivity contribution is 5.91. The molecule has 5 rings (SSSR count). The number of ether oxygens (including phenoxy) is 3. The number of hydrogen-bond acceptors (Lipinski definition) is 7. The van der Waals surface area contributed by atoms with Crippen LogP contribution in [0.25, 0.3) is 11.4 Å². The molecule has 2 aromatic carbocycles. The Bertz CT molecular complexity index is 1350. The van der Waals surface area contributed by atoms with Crippen molar-refractivity contribution in [3.05, 3.63) is 126 Å². The Kier molecular flexibility index (Phi) is 6.61. The van der Waals surface area contributed by atoms with Crippen LogP contribution in [0.5, 0.6) is 0 Å². The minimum Gasteiger partial charge on any atom is -0.481 e. The van der Waals surface area contributed by atoms with Gasteiger partial charge in [-0.15, -0.1) is 5.10 Å². The van der Waals surface area contributed by atoms with E-state index < -0.39 is 5.97 Å². The summed E-state index contributed by atoms with van der Waals surface area (Å²) in [5, 5.41) is 8.30. The van der Waals surface area contributed by atoms with Crippen LogP contribution in [0.1, 0.15) is 11.1 Å². The summed E-state index contributed by atoms with van der Waals surface area (Å²) < 4.78 is 19.0. The summed E-state index contributed by atoms with van der Waals surface area (Å²) in [4.78, 5) is 16.9. The lowest BCUT2D eigenvalue weighted by Gasteiger charge is -2.10. The first kappa shape index (κ1) is 22.1. The Balaban J connectivity index is 1.36. The zero-order chi connectivity index (χ0) is 23.9. The van der Waals surface area contributed by atoms with Crippen LogP contribution in [-0.4, -0.2) is 25.9 Å². The molecule has 1 aliphatic heterocycles. The van der Waals surface area contributed by atoms with Gasteiger partial charge in [-0.2, -0.15) is 0 Å². The summed E-state index contributed by atoms with van der Waals surface area (Å²) >= 11 is 0. The fraction of sp³-hybridized carbons (Fsp3) is 0.111. The number of benzene rings is 2. The maximum atomic E-state index is 12.7. The quantitative estimate of drug-likeness (QED) is 0.337. The molecule has 0 aliphatic carbocycles. The molecule has 0 N–H and O–H groups in total. The Hall–Kier alpha value is -4.72. The van der Waals surface area contributed by atoms with Crippen molar-refractivity contribution in [2.75, 3.05) is 0 Å². The van der Waals surface area contributed by atoms with Crippen LogP contribution in [0.2, 0.25) is 0 Å². The van der Waals surface area contributed by atoms with Crippen molar-refractivity contribution in [1.82, 2.24) is 20.0 Å². The van der Waals surface area contributed by atoms with Crippen molar-refractivity contribution in [2.45, 2.75) is 19.8 Å². The van der Waals surface area contributed by atoms with Gasteiger partial charge in [-0.3, -0.25) is 4.98 Å². The van der Waals surface area contributed by atoms with E-state index in [0.717, 1.165) is 16.8 Å². The van der Waals surface area contributed by atoms with Crippen molar-refractivity contribution in [3.8, 4) is 11.4 Å². The average molecular weight is 466 g/mol. The third-order valence-electron chi connectivity index (χ3n) is 5.20. The summed E-state index contributed by atoms with van der Waals surface area (Å²) in [7, 11) is 0. The van der Waals surface area contributed by atoms with Gasteiger partial charge in [0.1, 0.15) is 18.9 Å². The number of rotatable bonds is 9. The van der Waals surface area contributed by atoms with Crippen LogP contribution in [0.15, 0.2) is 115 Å². The lowest BCUT2D eigenvalue weighted by molar-refractivity contribution is -0.136. The van der Waals surface area contributed by atoms with Crippen molar-refractivity contribution in [1.29, 1.82) is 0 Å². The van der Waals surface area contributed by atoms with Crippen LogP contribution in [0.3, 0.4) is 0 Å². The molecule has 0 saturated carbocycles. The fourth-order valence-corrected chi connectivity index (χ4v) is 3.45. The Morgan fingerprint density at radius 1 is 0.800 bits per heavy atom. The van der Waals surface area contributed by atoms with Gasteiger partial charge in [-0.25, -0.2) is 9.48 Å². The molecule has 0 saturated heterocycles. The van der Waals surface area contributed by atoms with E-state index in [4.69, 9.17) is 14.2 Å². The molecule has 4 aromatic rings. The Morgan fingerprint density at radius 3 is 2.11 bits per heavy atom. The molecule has 0 bridgehead atoms. The highest BCUT2D eigenvalue weighted by Gasteiger charge is 2.34. The molecule has 0 amide bonds. The molecule has 174 valence electrons. The second kappa shape index (κ2) is 10.5. The normalized spacial score (nSPS) is 14.3. The number of allylic oxidation sites excluding steroid dienone is 1. The summed E-state index contributed by atoms with van der Waals surface area (Å²) in [5.74, 6) is -0.00413. The largest absolute Gasteiger partial charge is 0.481 e. The second-order valence-corrected chi connectivity index (χ2v) is 7.71. The average Bonchev–Trinajstić information content (AvgIpc) is 3.51. The van der Waals surface area contributed by atoms with Crippen LogP contribution < -0.4 is 0 Å². The van der Waals surface area contributed by atoms with Gasteiger partial charge < -0.3 is 14.2 Å². The van der Waals surface area contributed by atoms with Crippen molar-refractivity contribution in [3.63, 3.8) is 0 Å². The van der Waals surface area contributed by atoms with Crippen LogP contribution in [-0.2, 0) is 38.8 Å². The molecule has 2 aromatic heterocycles. The lowest BCUT2D eigenvalue weighted by atomic mass is 10.2. The van der Waals surface area contributed by atoms with E-state index in [0.29, 0.717) is 12.2 Å². The number of hydrogen-bond donors (Lipinski definition) is 0. The van der Waals surface area contributed by atoms with Gasteiger partial charge in [0.05, 0.1) is 18.4 Å². The molecule has 1 aliphatic rings. The van der Waals surface area contributed by atoms with Gasteiger partial charge in [-0.1, -0.05) is 71.9 Å². The van der Waals surface area contributed by atoms with Crippen molar-refractivity contribution >= 4 is 5.97 Å². The van der Waals surface area contributed by atoms with E-state index in [1.165, 1.54) is 0 Å².